The van der Waals surface area contributed by atoms with E-state index in [1.807, 2.05) is 18.2 Å². The number of hydrogen-bond donors (Lipinski definition) is 3. The molecule has 132 valence electrons. The number of hydrogen-bond acceptors (Lipinski definition) is 5. The zero-order valence-corrected chi connectivity index (χ0v) is 14.0. The Labute approximate surface area is 145 Å². The highest BCUT2D eigenvalue weighted by atomic mass is 16.2. The molecule has 7 heteroatoms. The summed E-state index contributed by atoms with van der Waals surface area (Å²) < 4.78 is 0. The van der Waals surface area contributed by atoms with Gasteiger partial charge in [-0.05, 0) is 36.4 Å². The van der Waals surface area contributed by atoms with Crippen molar-refractivity contribution in [3.63, 3.8) is 0 Å². The molecular weight excluding hydrogens is 320 g/mol. The predicted molar refractivity (Wildman–Crippen MR) is 90.3 cm³/mol. The van der Waals surface area contributed by atoms with E-state index in [0.29, 0.717) is 37.0 Å². The molecule has 2 heterocycles. The Bertz CT molecular complexity index is 748. The third-order valence-electron chi connectivity index (χ3n) is 5.34. The summed E-state index contributed by atoms with van der Waals surface area (Å²) in [6, 6.07) is 5.56. The lowest BCUT2D eigenvalue weighted by molar-refractivity contribution is -0.136. The molecule has 4 N–H and O–H groups in total. The van der Waals surface area contributed by atoms with Crippen LogP contribution in [0, 0.1) is 5.92 Å². The van der Waals surface area contributed by atoms with Crippen molar-refractivity contribution in [1.82, 2.24) is 15.5 Å². The van der Waals surface area contributed by atoms with Crippen LogP contribution in [0.2, 0.25) is 0 Å². The minimum absolute atomic E-state index is 0.120. The van der Waals surface area contributed by atoms with Crippen LogP contribution in [-0.2, 0) is 22.7 Å². The van der Waals surface area contributed by atoms with Crippen LogP contribution < -0.4 is 16.4 Å². The number of nitrogens with one attached hydrogen (secondary N) is 2. The average Bonchev–Trinajstić information content (AvgIpc) is 3.17. The van der Waals surface area contributed by atoms with Gasteiger partial charge in [-0.25, -0.2) is 0 Å². The largest absolute Gasteiger partial charge is 0.327 e. The molecule has 0 bridgehead atoms. The Morgan fingerprint density at radius 3 is 2.80 bits per heavy atom. The molecule has 4 rings (SSSR count). The summed E-state index contributed by atoms with van der Waals surface area (Å²) in [6.45, 7) is 1.89. The zero-order valence-electron chi connectivity index (χ0n) is 14.0. The lowest BCUT2D eigenvalue weighted by Crippen LogP contribution is -2.52. The average molecular weight is 342 g/mol. The smallest absolute Gasteiger partial charge is 0.255 e. The van der Waals surface area contributed by atoms with Crippen LogP contribution >= 0.6 is 0 Å². The first-order valence-corrected chi connectivity index (χ1v) is 8.76. The number of amides is 3. The van der Waals surface area contributed by atoms with E-state index in [4.69, 9.17) is 5.73 Å². The maximum Gasteiger partial charge on any atom is 0.255 e. The summed E-state index contributed by atoms with van der Waals surface area (Å²) in [6.07, 6.45) is 1.71. The van der Waals surface area contributed by atoms with Crippen LogP contribution in [0.15, 0.2) is 18.2 Å². The second-order valence-electron chi connectivity index (χ2n) is 7.14. The Morgan fingerprint density at radius 1 is 1.28 bits per heavy atom. The maximum absolute atomic E-state index is 12.9. The number of fused-ring (bicyclic) bond motifs is 1. The summed E-state index contributed by atoms with van der Waals surface area (Å²) in [5, 5.41) is 5.71. The number of nitrogens with two attached hydrogens (primary N) is 1. The van der Waals surface area contributed by atoms with E-state index in [-0.39, 0.29) is 24.1 Å². The summed E-state index contributed by atoms with van der Waals surface area (Å²) in [7, 11) is 0. The Morgan fingerprint density at radius 2 is 2.08 bits per heavy atom. The van der Waals surface area contributed by atoms with Crippen LogP contribution in [0.25, 0.3) is 0 Å². The molecule has 7 nitrogen and oxygen atoms in total. The van der Waals surface area contributed by atoms with Gasteiger partial charge in [-0.1, -0.05) is 18.2 Å². The van der Waals surface area contributed by atoms with Crippen molar-refractivity contribution in [3.05, 3.63) is 34.9 Å². The van der Waals surface area contributed by atoms with Gasteiger partial charge in [0.1, 0.15) is 6.04 Å². The molecule has 1 saturated heterocycles. The molecule has 0 radical (unpaired) electrons. The second kappa shape index (κ2) is 6.24. The molecule has 25 heavy (non-hydrogen) atoms. The fraction of sp³-hybridized carbons (Fsp3) is 0.500. The quantitative estimate of drug-likeness (QED) is 0.648. The molecule has 1 aromatic rings. The van der Waals surface area contributed by atoms with Crippen LogP contribution in [0.1, 0.15) is 40.7 Å². The number of rotatable bonds is 5. The molecule has 2 aliphatic heterocycles. The summed E-state index contributed by atoms with van der Waals surface area (Å²) in [4.78, 5) is 38.0. The van der Waals surface area contributed by atoms with Gasteiger partial charge in [0.25, 0.3) is 5.91 Å². The van der Waals surface area contributed by atoms with E-state index in [0.717, 1.165) is 24.1 Å². The molecule has 0 spiro atoms. The molecule has 2 fully saturated rings. The van der Waals surface area contributed by atoms with Crippen LogP contribution in [0.3, 0.4) is 0 Å². The molecule has 3 amide bonds. The minimum Gasteiger partial charge on any atom is -0.327 e. The zero-order chi connectivity index (χ0) is 17.6. The fourth-order valence-electron chi connectivity index (χ4n) is 3.74. The molecule has 1 aromatic carbocycles. The number of benzene rings is 1. The van der Waals surface area contributed by atoms with E-state index in [1.54, 1.807) is 4.90 Å². The number of nitrogens with zero attached hydrogens (tertiary/aromatic N) is 1. The van der Waals surface area contributed by atoms with Crippen LogP contribution in [0.5, 0.6) is 0 Å². The topological polar surface area (TPSA) is 105 Å². The Kier molecular flexibility index (Phi) is 4.05. The van der Waals surface area contributed by atoms with Gasteiger partial charge in [0.15, 0.2) is 0 Å². The van der Waals surface area contributed by atoms with E-state index in [2.05, 4.69) is 10.6 Å². The van der Waals surface area contributed by atoms with E-state index in [9.17, 15) is 14.4 Å². The first-order valence-electron chi connectivity index (χ1n) is 8.76. The molecule has 3 atom stereocenters. The standard InChI is InChI=1S/C18H22N4O3/c19-13-6-12(13)8-20-7-10-2-1-3-11-9-22(18(25)16(10)11)14-4-5-15(23)21-17(14)24/h1-3,12-14,20H,4-9,19H2,(H,21,23,24)/t12-,13+,14?/m0/s1. The summed E-state index contributed by atoms with van der Waals surface area (Å²) in [5.74, 6) is -0.231. The number of piperidine rings is 1. The summed E-state index contributed by atoms with van der Waals surface area (Å²) in [5.41, 5.74) is 8.41. The van der Waals surface area contributed by atoms with Crippen LogP contribution in [-0.4, -0.2) is 41.2 Å². The second-order valence-corrected chi connectivity index (χ2v) is 7.14. The fourth-order valence-corrected chi connectivity index (χ4v) is 3.74. The monoisotopic (exact) mass is 342 g/mol. The molecular formula is C18H22N4O3. The van der Waals surface area contributed by atoms with Crippen molar-refractivity contribution in [1.29, 1.82) is 0 Å². The predicted octanol–water partition coefficient (Wildman–Crippen LogP) is -0.116. The summed E-state index contributed by atoms with van der Waals surface area (Å²) >= 11 is 0. The molecule has 3 aliphatic rings. The first kappa shape index (κ1) is 16.2. The van der Waals surface area contributed by atoms with Crippen molar-refractivity contribution < 1.29 is 14.4 Å². The third-order valence-corrected chi connectivity index (χ3v) is 5.34. The molecule has 1 saturated carbocycles. The van der Waals surface area contributed by atoms with Gasteiger partial charge < -0.3 is 16.0 Å². The third kappa shape index (κ3) is 3.05. The Hall–Kier alpha value is -2.25. The van der Waals surface area contributed by atoms with Crippen molar-refractivity contribution in [2.75, 3.05) is 6.54 Å². The maximum atomic E-state index is 12.9. The SMILES string of the molecule is N[C@@H]1C[C@H]1CNCc1cccc2c1C(=O)N(C1CCC(=O)NC1=O)C2. The van der Waals surface area contributed by atoms with Gasteiger partial charge in [-0.3, -0.25) is 19.7 Å². The number of carbonyl (C=O) groups is 3. The highest BCUT2D eigenvalue weighted by Gasteiger charge is 2.40. The molecule has 1 aliphatic carbocycles. The molecule has 0 aromatic heterocycles. The minimum atomic E-state index is -0.567. The highest BCUT2D eigenvalue weighted by Crippen LogP contribution is 2.30. The van der Waals surface area contributed by atoms with Gasteiger partial charge in [-0.15, -0.1) is 0 Å². The van der Waals surface area contributed by atoms with Gasteiger partial charge in [0.05, 0.1) is 0 Å². The number of carbonyl (C=O) groups excluding carboxylic acids is 3. The van der Waals surface area contributed by atoms with E-state index < -0.39 is 6.04 Å². The van der Waals surface area contributed by atoms with Gasteiger partial charge in [0, 0.05) is 31.1 Å². The van der Waals surface area contributed by atoms with Crippen molar-refractivity contribution in [2.45, 2.75) is 44.4 Å². The van der Waals surface area contributed by atoms with E-state index >= 15 is 0 Å². The van der Waals surface area contributed by atoms with Crippen molar-refractivity contribution >= 4 is 17.7 Å². The molecule has 1 unspecified atom stereocenters. The lowest BCUT2D eigenvalue weighted by Gasteiger charge is -2.29. The van der Waals surface area contributed by atoms with Crippen molar-refractivity contribution in [2.24, 2.45) is 11.7 Å². The normalized spacial score (nSPS) is 28.1. The first-order chi connectivity index (χ1) is 12.0. The lowest BCUT2D eigenvalue weighted by atomic mass is 10.0. The van der Waals surface area contributed by atoms with Gasteiger partial charge >= 0.3 is 0 Å². The van der Waals surface area contributed by atoms with Gasteiger partial charge in [-0.2, -0.15) is 0 Å². The van der Waals surface area contributed by atoms with E-state index in [1.165, 1.54) is 0 Å². The van der Waals surface area contributed by atoms with Crippen LogP contribution in [0.4, 0.5) is 0 Å². The van der Waals surface area contributed by atoms with Crippen molar-refractivity contribution in [3.8, 4) is 0 Å². The highest BCUT2D eigenvalue weighted by molar-refractivity contribution is 6.05. The Balaban J connectivity index is 1.48. The van der Waals surface area contributed by atoms with Gasteiger partial charge in [0.2, 0.25) is 11.8 Å². The number of imide groups is 1.